The van der Waals surface area contributed by atoms with Crippen molar-refractivity contribution < 1.29 is 0 Å². The Morgan fingerprint density at radius 2 is 1.04 bits per heavy atom. The van der Waals surface area contributed by atoms with Crippen molar-refractivity contribution >= 4 is 0 Å². The van der Waals surface area contributed by atoms with Crippen molar-refractivity contribution in [2.24, 2.45) is 0 Å². The summed E-state index contributed by atoms with van der Waals surface area (Å²) in [5.74, 6) is 0. The summed E-state index contributed by atoms with van der Waals surface area (Å²) in [6, 6.07) is 0. The molecule has 0 bridgehead atoms. The van der Waals surface area contributed by atoms with E-state index >= 15 is 0 Å². The van der Waals surface area contributed by atoms with E-state index in [-0.39, 0.29) is 0 Å². The largest absolute Gasteiger partial charge is 0.359 e. The smallest absolute Gasteiger partial charge is 0.100 e. The van der Waals surface area contributed by atoms with Gasteiger partial charge < -0.3 is 9.80 Å². The van der Waals surface area contributed by atoms with Crippen molar-refractivity contribution in [2.75, 3.05) is 13.6 Å². The Morgan fingerprint density at radius 1 is 0.577 bits per heavy atom. The Bertz CT molecular complexity index is 326. The fourth-order valence-corrected chi connectivity index (χ4v) is 4.09. The molecule has 0 radical (unpaired) electrons. The summed E-state index contributed by atoms with van der Waals surface area (Å²) < 4.78 is 0. The number of nitrogens with zero attached hydrogens (tertiary/aromatic N) is 2. The second kappa shape index (κ2) is 16.5. The van der Waals surface area contributed by atoms with E-state index in [9.17, 15) is 0 Å². The molecule has 0 aliphatic carbocycles. The maximum absolute atomic E-state index is 2.57. The van der Waals surface area contributed by atoms with E-state index in [2.05, 4.69) is 43.1 Å². The molecular weight excluding hydrogens is 316 g/mol. The van der Waals surface area contributed by atoms with Gasteiger partial charge in [0, 0.05) is 26.0 Å². The molecule has 0 saturated heterocycles. The number of hydrogen-bond acceptors (Lipinski definition) is 2. The molecule has 0 aromatic carbocycles. The monoisotopic (exact) mass is 364 g/mol. The summed E-state index contributed by atoms with van der Waals surface area (Å²) in [6.07, 6.45) is 29.3. The van der Waals surface area contributed by atoms with Gasteiger partial charge in [-0.15, -0.1) is 0 Å². The van der Waals surface area contributed by atoms with Gasteiger partial charge in [0.15, 0.2) is 0 Å². The van der Waals surface area contributed by atoms with Crippen LogP contribution in [0.25, 0.3) is 0 Å². The van der Waals surface area contributed by atoms with Gasteiger partial charge in [0.05, 0.1) is 0 Å². The summed E-state index contributed by atoms with van der Waals surface area (Å²) in [4.78, 5) is 4.95. The molecule has 1 aliphatic heterocycles. The van der Waals surface area contributed by atoms with Crippen molar-refractivity contribution in [2.45, 2.75) is 129 Å². The first kappa shape index (κ1) is 23.4. The molecule has 154 valence electrons. The van der Waals surface area contributed by atoms with Crippen LogP contribution in [-0.4, -0.2) is 29.6 Å². The number of rotatable bonds is 18. The van der Waals surface area contributed by atoms with Gasteiger partial charge in [0.2, 0.25) is 0 Å². The van der Waals surface area contributed by atoms with Crippen molar-refractivity contribution in [3.63, 3.8) is 0 Å². The highest BCUT2D eigenvalue weighted by Crippen LogP contribution is 2.20. The molecule has 1 atom stereocenters. The zero-order valence-corrected chi connectivity index (χ0v) is 18.4. The molecule has 0 saturated carbocycles. The van der Waals surface area contributed by atoms with E-state index < -0.39 is 0 Å². The van der Waals surface area contributed by atoms with Gasteiger partial charge in [0.1, 0.15) is 6.17 Å². The average molecular weight is 365 g/mol. The van der Waals surface area contributed by atoms with Crippen LogP contribution in [0.5, 0.6) is 0 Å². The van der Waals surface area contributed by atoms with E-state index in [1.807, 2.05) is 0 Å². The standard InChI is InChI=1S/C24H48N2/c1-4-6-8-9-10-11-12-13-14-15-16-17-18-19-21-26-23-22-25(3)24(26)20-7-5-2/h22-24H,4-21H2,1-3H3. The Morgan fingerprint density at radius 3 is 1.54 bits per heavy atom. The maximum Gasteiger partial charge on any atom is 0.100 e. The summed E-state index contributed by atoms with van der Waals surface area (Å²) in [6.45, 7) is 5.83. The Labute approximate surface area is 165 Å². The highest BCUT2D eigenvalue weighted by Gasteiger charge is 2.21. The zero-order valence-electron chi connectivity index (χ0n) is 18.4. The molecule has 1 aliphatic rings. The molecule has 1 heterocycles. The Kier molecular flexibility index (Phi) is 14.8. The van der Waals surface area contributed by atoms with Crippen molar-refractivity contribution in [3.8, 4) is 0 Å². The molecule has 2 nitrogen and oxygen atoms in total. The summed E-state index contributed by atoms with van der Waals surface area (Å²) in [5, 5.41) is 0. The van der Waals surface area contributed by atoms with Crippen LogP contribution in [0.2, 0.25) is 0 Å². The molecule has 0 N–H and O–H groups in total. The predicted molar refractivity (Wildman–Crippen MR) is 117 cm³/mol. The molecular formula is C24H48N2. The van der Waals surface area contributed by atoms with E-state index in [4.69, 9.17) is 0 Å². The first-order valence-electron chi connectivity index (χ1n) is 12.0. The average Bonchev–Trinajstić information content (AvgIpc) is 3.00. The fourth-order valence-electron chi connectivity index (χ4n) is 4.09. The van der Waals surface area contributed by atoms with Crippen LogP contribution in [-0.2, 0) is 0 Å². The lowest BCUT2D eigenvalue weighted by Gasteiger charge is -2.30. The van der Waals surface area contributed by atoms with E-state index in [1.165, 1.54) is 116 Å². The van der Waals surface area contributed by atoms with E-state index in [0.29, 0.717) is 6.17 Å². The van der Waals surface area contributed by atoms with E-state index in [0.717, 1.165) is 0 Å². The van der Waals surface area contributed by atoms with Crippen LogP contribution in [0.4, 0.5) is 0 Å². The van der Waals surface area contributed by atoms with Gasteiger partial charge in [-0.3, -0.25) is 0 Å². The van der Waals surface area contributed by atoms with Crippen LogP contribution < -0.4 is 0 Å². The fraction of sp³-hybridized carbons (Fsp3) is 0.917. The SMILES string of the molecule is CCCCCCCCCCCCCCCCN1C=CN(C)C1CCCC. The normalized spacial score (nSPS) is 16.8. The van der Waals surface area contributed by atoms with Gasteiger partial charge in [-0.2, -0.15) is 0 Å². The van der Waals surface area contributed by atoms with Crippen LogP contribution in [0, 0.1) is 0 Å². The first-order chi connectivity index (χ1) is 12.8. The van der Waals surface area contributed by atoms with Crippen LogP contribution in [0.1, 0.15) is 123 Å². The van der Waals surface area contributed by atoms with Crippen LogP contribution >= 0.6 is 0 Å². The lowest BCUT2D eigenvalue weighted by Crippen LogP contribution is -2.36. The second-order valence-corrected chi connectivity index (χ2v) is 8.42. The molecule has 0 fully saturated rings. The van der Waals surface area contributed by atoms with Gasteiger partial charge in [0.25, 0.3) is 0 Å². The van der Waals surface area contributed by atoms with Gasteiger partial charge >= 0.3 is 0 Å². The third kappa shape index (κ3) is 11.1. The topological polar surface area (TPSA) is 6.48 Å². The first-order valence-corrected chi connectivity index (χ1v) is 12.0. The molecule has 0 aromatic heterocycles. The van der Waals surface area contributed by atoms with Gasteiger partial charge in [-0.25, -0.2) is 0 Å². The summed E-state index contributed by atoms with van der Waals surface area (Å²) >= 11 is 0. The molecule has 26 heavy (non-hydrogen) atoms. The lowest BCUT2D eigenvalue weighted by atomic mass is 10.0. The van der Waals surface area contributed by atoms with Crippen molar-refractivity contribution in [1.29, 1.82) is 0 Å². The lowest BCUT2D eigenvalue weighted by molar-refractivity contribution is 0.160. The van der Waals surface area contributed by atoms with Crippen LogP contribution in [0.15, 0.2) is 12.4 Å². The number of hydrogen-bond donors (Lipinski definition) is 0. The molecule has 2 heteroatoms. The third-order valence-corrected chi connectivity index (χ3v) is 5.93. The molecule has 0 aromatic rings. The Hall–Kier alpha value is -0.660. The quantitative estimate of drug-likeness (QED) is 0.230. The minimum Gasteiger partial charge on any atom is -0.359 e. The zero-order chi connectivity index (χ0) is 18.9. The second-order valence-electron chi connectivity index (χ2n) is 8.42. The maximum atomic E-state index is 2.57. The highest BCUT2D eigenvalue weighted by molar-refractivity contribution is 4.95. The van der Waals surface area contributed by atoms with Gasteiger partial charge in [-0.1, -0.05) is 104 Å². The summed E-state index contributed by atoms with van der Waals surface area (Å²) in [5.41, 5.74) is 0. The highest BCUT2D eigenvalue weighted by atomic mass is 15.4. The summed E-state index contributed by atoms with van der Waals surface area (Å²) in [7, 11) is 2.22. The third-order valence-electron chi connectivity index (χ3n) is 5.93. The Balaban J connectivity index is 1.85. The molecule has 1 unspecified atom stereocenters. The molecule has 1 rings (SSSR count). The van der Waals surface area contributed by atoms with Gasteiger partial charge in [-0.05, 0) is 19.3 Å². The van der Waals surface area contributed by atoms with Crippen LogP contribution in [0.3, 0.4) is 0 Å². The predicted octanol–water partition coefficient (Wildman–Crippen LogP) is 7.70. The molecule has 0 spiro atoms. The van der Waals surface area contributed by atoms with Crippen molar-refractivity contribution in [3.05, 3.63) is 12.4 Å². The number of unbranched alkanes of at least 4 members (excludes halogenated alkanes) is 14. The van der Waals surface area contributed by atoms with E-state index in [1.54, 1.807) is 0 Å². The van der Waals surface area contributed by atoms with Crippen molar-refractivity contribution in [1.82, 2.24) is 9.80 Å². The minimum absolute atomic E-state index is 0.622. The molecule has 0 amide bonds. The minimum atomic E-state index is 0.622.